The van der Waals surface area contributed by atoms with E-state index in [1.807, 2.05) is 45.0 Å². The molecule has 3 aromatic heterocycles. The van der Waals surface area contributed by atoms with E-state index in [0.717, 1.165) is 50.7 Å². The molecule has 0 radical (unpaired) electrons. The van der Waals surface area contributed by atoms with Gasteiger partial charge in [-0.2, -0.15) is 0 Å². The first-order chi connectivity index (χ1) is 12.9. The minimum absolute atomic E-state index is 0.0770. The number of rotatable bonds is 3. The van der Waals surface area contributed by atoms with Crippen molar-refractivity contribution in [3.8, 4) is 11.1 Å². The van der Waals surface area contributed by atoms with Gasteiger partial charge in [-0.1, -0.05) is 5.16 Å². The quantitative estimate of drug-likeness (QED) is 0.602. The maximum Gasteiger partial charge on any atom is 0.328 e. The highest BCUT2D eigenvalue weighted by Gasteiger charge is 2.18. The summed E-state index contributed by atoms with van der Waals surface area (Å²) in [5.74, 6) is 0.747. The van der Waals surface area contributed by atoms with Gasteiger partial charge in [0, 0.05) is 25.9 Å². The zero-order valence-corrected chi connectivity index (χ0v) is 16.0. The number of imidazole rings is 1. The second-order valence-corrected chi connectivity index (χ2v) is 6.75. The Morgan fingerprint density at radius 1 is 1.04 bits per heavy atom. The van der Waals surface area contributed by atoms with E-state index in [1.54, 1.807) is 29.4 Å². The summed E-state index contributed by atoms with van der Waals surface area (Å²) in [6.45, 7) is 5.75. The van der Waals surface area contributed by atoms with E-state index in [1.165, 1.54) is 0 Å². The van der Waals surface area contributed by atoms with Crippen LogP contribution in [-0.4, -0.2) is 19.3 Å². The first-order valence-corrected chi connectivity index (χ1v) is 8.70. The predicted octanol–water partition coefficient (Wildman–Crippen LogP) is 3.60. The van der Waals surface area contributed by atoms with Crippen LogP contribution in [0.25, 0.3) is 22.2 Å². The molecule has 0 aliphatic rings. The zero-order chi connectivity index (χ0) is 19.3. The molecule has 1 aromatic carbocycles. The maximum absolute atomic E-state index is 12.5. The lowest BCUT2D eigenvalue weighted by molar-refractivity contribution is 0.393. The summed E-state index contributed by atoms with van der Waals surface area (Å²) in [7, 11) is 3.56. The Hall–Kier alpha value is -3.35. The van der Waals surface area contributed by atoms with E-state index in [0.29, 0.717) is 0 Å². The molecule has 0 atom stereocenters. The summed E-state index contributed by atoms with van der Waals surface area (Å²) in [6.07, 6.45) is 1.76. The van der Waals surface area contributed by atoms with E-state index >= 15 is 0 Å². The number of nitrogens with zero attached hydrogens (tertiary/aromatic N) is 4. The number of fused-ring (bicyclic) bond motifs is 1. The van der Waals surface area contributed by atoms with Gasteiger partial charge in [0.15, 0.2) is 0 Å². The Bertz CT molecular complexity index is 1210. The van der Waals surface area contributed by atoms with Crippen molar-refractivity contribution in [2.75, 3.05) is 5.32 Å². The zero-order valence-electron chi connectivity index (χ0n) is 16.0. The molecule has 0 saturated heterocycles. The molecule has 0 amide bonds. The smallest absolute Gasteiger partial charge is 0.328 e. The Balaban J connectivity index is 2.02. The standard InChI is InChI=1S/C20H21N5O2/c1-11-15(7-6-8-21-11)22-16-9-14(18-12(2)23-27-13(18)3)10-17-19(16)25(5)20(26)24(17)4/h6-10,22H,1-5H3. The summed E-state index contributed by atoms with van der Waals surface area (Å²) in [5.41, 5.74) is 6.91. The highest BCUT2D eigenvalue weighted by atomic mass is 16.5. The van der Waals surface area contributed by atoms with Crippen molar-refractivity contribution in [2.24, 2.45) is 14.1 Å². The molecule has 7 nitrogen and oxygen atoms in total. The minimum Gasteiger partial charge on any atom is -0.361 e. The summed E-state index contributed by atoms with van der Waals surface area (Å²) in [6, 6.07) is 7.89. The highest BCUT2D eigenvalue weighted by Crippen LogP contribution is 2.35. The number of nitrogens with one attached hydrogen (secondary N) is 1. The van der Waals surface area contributed by atoms with E-state index < -0.39 is 0 Å². The fourth-order valence-corrected chi connectivity index (χ4v) is 3.55. The number of pyridine rings is 1. The van der Waals surface area contributed by atoms with Crippen molar-refractivity contribution in [2.45, 2.75) is 20.8 Å². The van der Waals surface area contributed by atoms with Crippen LogP contribution in [0.15, 0.2) is 39.8 Å². The molecule has 1 N–H and O–H groups in total. The van der Waals surface area contributed by atoms with Crippen molar-refractivity contribution < 1.29 is 4.52 Å². The van der Waals surface area contributed by atoms with Crippen molar-refractivity contribution in [3.63, 3.8) is 0 Å². The van der Waals surface area contributed by atoms with Gasteiger partial charge >= 0.3 is 5.69 Å². The molecule has 3 heterocycles. The summed E-state index contributed by atoms with van der Waals surface area (Å²) >= 11 is 0. The Labute approximate surface area is 156 Å². The van der Waals surface area contributed by atoms with Gasteiger partial charge in [0.05, 0.1) is 33.8 Å². The van der Waals surface area contributed by atoms with Gasteiger partial charge in [0.25, 0.3) is 0 Å². The second kappa shape index (κ2) is 6.12. The number of hydrogen-bond donors (Lipinski definition) is 1. The number of aryl methyl sites for hydroxylation is 5. The SMILES string of the molecule is Cc1ncccc1Nc1cc(-c2c(C)noc2C)cc2c1n(C)c(=O)n2C. The van der Waals surface area contributed by atoms with Crippen molar-refractivity contribution in [3.05, 3.63) is 58.1 Å². The number of anilines is 2. The molecule has 138 valence electrons. The number of hydrogen-bond acceptors (Lipinski definition) is 5. The van der Waals surface area contributed by atoms with Crippen molar-refractivity contribution >= 4 is 22.4 Å². The number of benzene rings is 1. The third-order valence-electron chi connectivity index (χ3n) is 4.96. The van der Waals surface area contributed by atoms with Crippen LogP contribution in [0.3, 0.4) is 0 Å². The molecule has 0 aliphatic heterocycles. The molecular weight excluding hydrogens is 342 g/mol. The van der Waals surface area contributed by atoms with Gasteiger partial charge in [-0.15, -0.1) is 0 Å². The Morgan fingerprint density at radius 3 is 2.48 bits per heavy atom. The first-order valence-electron chi connectivity index (χ1n) is 8.70. The lowest BCUT2D eigenvalue weighted by Gasteiger charge is -2.13. The highest BCUT2D eigenvalue weighted by molar-refractivity contribution is 5.96. The van der Waals surface area contributed by atoms with Gasteiger partial charge < -0.3 is 9.84 Å². The molecule has 0 spiro atoms. The Kier molecular flexibility index (Phi) is 3.87. The first kappa shape index (κ1) is 17.1. The molecule has 7 heteroatoms. The second-order valence-electron chi connectivity index (χ2n) is 6.75. The average Bonchev–Trinajstić information content (AvgIpc) is 3.09. The van der Waals surface area contributed by atoms with E-state index in [2.05, 4.69) is 15.5 Å². The van der Waals surface area contributed by atoms with Gasteiger partial charge in [-0.25, -0.2) is 4.79 Å². The monoisotopic (exact) mass is 363 g/mol. The van der Waals surface area contributed by atoms with Crippen LogP contribution in [0.2, 0.25) is 0 Å². The summed E-state index contributed by atoms with van der Waals surface area (Å²) in [4.78, 5) is 16.9. The normalized spacial score (nSPS) is 11.3. The van der Waals surface area contributed by atoms with Crippen molar-refractivity contribution in [1.29, 1.82) is 0 Å². The third kappa shape index (κ3) is 2.63. The van der Waals surface area contributed by atoms with Gasteiger partial charge in [0.1, 0.15) is 5.76 Å². The van der Waals surface area contributed by atoms with Crippen molar-refractivity contribution in [1.82, 2.24) is 19.3 Å². The molecule has 0 unspecified atom stereocenters. The number of aromatic nitrogens is 4. The Morgan fingerprint density at radius 2 is 1.81 bits per heavy atom. The molecule has 0 bridgehead atoms. The van der Waals surface area contributed by atoms with E-state index in [9.17, 15) is 4.79 Å². The fourth-order valence-electron chi connectivity index (χ4n) is 3.55. The minimum atomic E-state index is -0.0770. The molecule has 4 rings (SSSR count). The van der Waals surface area contributed by atoms with Gasteiger partial charge in [0.2, 0.25) is 0 Å². The van der Waals surface area contributed by atoms with Crippen LogP contribution in [0.1, 0.15) is 17.1 Å². The van der Waals surface area contributed by atoms with Gasteiger partial charge in [-0.3, -0.25) is 14.1 Å². The van der Waals surface area contributed by atoms with Crippen LogP contribution in [0, 0.1) is 20.8 Å². The average molecular weight is 363 g/mol. The lowest BCUT2D eigenvalue weighted by Crippen LogP contribution is -2.19. The molecule has 0 fully saturated rings. The largest absolute Gasteiger partial charge is 0.361 e. The molecule has 0 saturated carbocycles. The molecule has 4 aromatic rings. The predicted molar refractivity (Wildman–Crippen MR) is 105 cm³/mol. The third-order valence-corrected chi connectivity index (χ3v) is 4.96. The molecular formula is C20H21N5O2. The topological polar surface area (TPSA) is 77.9 Å². The lowest BCUT2D eigenvalue weighted by atomic mass is 10.0. The van der Waals surface area contributed by atoms with E-state index in [-0.39, 0.29) is 5.69 Å². The van der Waals surface area contributed by atoms with E-state index in [4.69, 9.17) is 4.52 Å². The fraction of sp³-hybridized carbons (Fsp3) is 0.250. The molecule has 0 aliphatic carbocycles. The maximum atomic E-state index is 12.5. The van der Waals surface area contributed by atoms with Crippen LogP contribution in [0.4, 0.5) is 11.4 Å². The summed E-state index contributed by atoms with van der Waals surface area (Å²) in [5, 5.41) is 7.52. The van der Waals surface area contributed by atoms with Crippen LogP contribution in [-0.2, 0) is 14.1 Å². The van der Waals surface area contributed by atoms with Gasteiger partial charge in [-0.05, 0) is 50.6 Å². The molecule has 27 heavy (non-hydrogen) atoms. The van der Waals surface area contributed by atoms with Crippen LogP contribution < -0.4 is 11.0 Å². The summed E-state index contributed by atoms with van der Waals surface area (Å²) < 4.78 is 8.65. The van der Waals surface area contributed by atoms with Crippen LogP contribution >= 0.6 is 0 Å². The van der Waals surface area contributed by atoms with Crippen LogP contribution in [0.5, 0.6) is 0 Å².